The third-order valence-corrected chi connectivity index (χ3v) is 15.7. The van der Waals surface area contributed by atoms with E-state index in [4.69, 9.17) is 23.4 Å². The lowest BCUT2D eigenvalue weighted by Gasteiger charge is -2.22. The molecular formula is C70H78O11. The van der Waals surface area contributed by atoms with Gasteiger partial charge in [-0.3, -0.25) is 28.8 Å². The highest BCUT2D eigenvalue weighted by Gasteiger charge is 2.29. The van der Waals surface area contributed by atoms with Crippen LogP contribution in [0.5, 0.6) is 23.0 Å². The fourth-order valence-corrected chi connectivity index (χ4v) is 10.5. The molecule has 0 radical (unpaired) electrons. The van der Waals surface area contributed by atoms with E-state index in [1.807, 2.05) is 125 Å². The van der Waals surface area contributed by atoms with Gasteiger partial charge in [-0.2, -0.15) is 0 Å². The summed E-state index contributed by atoms with van der Waals surface area (Å²) in [5.74, 6) is -0.247. The predicted molar refractivity (Wildman–Crippen MR) is 335 cm³/mol. The van der Waals surface area contributed by atoms with Crippen molar-refractivity contribution in [2.75, 3.05) is 28.4 Å². The first-order valence-electron chi connectivity index (χ1n) is 27.5. The van der Waals surface area contributed by atoms with Crippen LogP contribution in [0.15, 0.2) is 106 Å². The van der Waals surface area contributed by atoms with E-state index < -0.39 is 65.1 Å². The van der Waals surface area contributed by atoms with E-state index >= 15 is 28.8 Å². The molecule has 8 aromatic rings. The molecule has 81 heavy (non-hydrogen) atoms. The largest absolute Gasteiger partial charge is 0.495 e. The second kappa shape index (κ2) is 20.1. The van der Waals surface area contributed by atoms with Crippen LogP contribution in [-0.2, 0) is 32.5 Å². The minimum absolute atomic E-state index is 0.00401. The number of hydrogen-bond donors (Lipinski definition) is 0. The number of ether oxygens (including phenoxy) is 4. The van der Waals surface area contributed by atoms with Crippen LogP contribution in [-0.4, -0.2) is 28.4 Å². The lowest BCUT2D eigenvalue weighted by molar-refractivity contribution is 0.421. The molecule has 8 rings (SSSR count). The molecule has 424 valence electrons. The topological polar surface area (TPSA) is 152 Å². The Kier molecular flexibility index (Phi) is 14.8. The highest BCUT2D eigenvalue weighted by atomic mass is 16.5. The number of fused-ring (bicyclic) bond motifs is 8. The van der Waals surface area contributed by atoms with E-state index in [2.05, 4.69) is 0 Å². The van der Waals surface area contributed by atoms with Gasteiger partial charge >= 0.3 is 0 Å². The van der Waals surface area contributed by atoms with Crippen LogP contribution in [0.1, 0.15) is 158 Å². The van der Waals surface area contributed by atoms with E-state index in [9.17, 15) is 0 Å². The summed E-state index contributed by atoms with van der Waals surface area (Å²) in [7, 11) is 5.52. The van der Waals surface area contributed by atoms with Crippen molar-refractivity contribution in [2.45, 2.75) is 157 Å². The molecule has 11 heteroatoms. The van der Waals surface area contributed by atoms with Gasteiger partial charge in [0.05, 0.1) is 93.1 Å². The number of methoxy groups -OCH3 is 4. The third-order valence-electron chi connectivity index (χ3n) is 15.7. The molecule has 0 atom stereocenters. The van der Waals surface area contributed by atoms with Gasteiger partial charge in [-0.25, -0.2) is 0 Å². The molecule has 6 aromatic carbocycles. The van der Waals surface area contributed by atoms with Crippen molar-refractivity contribution < 1.29 is 23.4 Å². The molecule has 0 fully saturated rings. The van der Waals surface area contributed by atoms with Gasteiger partial charge in [0.15, 0.2) is 0 Å². The summed E-state index contributed by atoms with van der Waals surface area (Å²) in [6.07, 6.45) is 0. The quantitative estimate of drug-likeness (QED) is 0.155. The molecule has 0 aliphatic rings. The van der Waals surface area contributed by atoms with Gasteiger partial charge in [-0.1, -0.05) is 125 Å². The Bertz CT molecular complexity index is 4230. The summed E-state index contributed by atoms with van der Waals surface area (Å²) >= 11 is 0. The van der Waals surface area contributed by atoms with Crippen molar-refractivity contribution in [3.8, 4) is 23.0 Å². The maximum Gasteiger partial charge on any atom is 0.200 e. The van der Waals surface area contributed by atoms with Gasteiger partial charge in [-0.05, 0) is 139 Å². The smallest absolute Gasteiger partial charge is 0.200 e. The van der Waals surface area contributed by atoms with Gasteiger partial charge in [0.25, 0.3) is 0 Å². The third kappa shape index (κ3) is 10.5. The van der Waals surface area contributed by atoms with Crippen LogP contribution in [0.25, 0.3) is 75.8 Å². The molecule has 0 spiro atoms. The number of benzene rings is 6. The second-order valence-corrected chi connectivity index (χ2v) is 27.8. The Morgan fingerprint density at radius 3 is 0.494 bits per heavy atom. The van der Waals surface area contributed by atoms with Gasteiger partial charge in [0, 0.05) is 0 Å². The first kappa shape index (κ1) is 59.5. The van der Waals surface area contributed by atoms with E-state index in [-0.39, 0.29) is 98.8 Å². The average molecular weight is 1100 g/mol. The molecule has 2 aromatic heterocycles. The predicted octanol–water partition coefficient (Wildman–Crippen LogP) is 14.5. The number of rotatable bonds is 4. The minimum Gasteiger partial charge on any atom is -0.495 e. The first-order valence-corrected chi connectivity index (χ1v) is 27.5. The van der Waals surface area contributed by atoms with Gasteiger partial charge < -0.3 is 23.4 Å². The Morgan fingerprint density at radius 2 is 0.358 bits per heavy atom. The maximum absolute atomic E-state index is 16.1. The van der Waals surface area contributed by atoms with Crippen LogP contribution >= 0.6 is 0 Å². The fourth-order valence-electron chi connectivity index (χ4n) is 10.5. The normalized spacial score (nSPS) is 12.9. The molecule has 0 N–H and O–H groups in total. The molecule has 11 nitrogen and oxygen atoms in total. The summed E-state index contributed by atoms with van der Waals surface area (Å²) in [5, 5.41) is 0.271. The zero-order valence-electron chi connectivity index (χ0n) is 51.4. The molecule has 0 saturated heterocycles. The molecule has 0 saturated carbocycles. The van der Waals surface area contributed by atoms with E-state index in [1.165, 1.54) is 28.4 Å². The van der Waals surface area contributed by atoms with Gasteiger partial charge in [-0.15, -0.1) is 0 Å². The SMILES string of the molecule is COc1c2cc(C(C)(C)C)cc1c(=O)c1cc(C(C)(C)C)cc(c1OC)c(=O)c1cc(C(C)(C)C)cc3c(=O)c4cc(C(C)(C)C)cc(c(=O)c5cc(C(C)(C)C)cc(c5OC)c(=O)c5cc(C(C)(C)C)cc(c5OC)c2=O)c4oc13. The van der Waals surface area contributed by atoms with Crippen molar-refractivity contribution in [2.24, 2.45) is 0 Å². The molecular weight excluding hydrogens is 1020 g/mol. The lowest BCUT2D eigenvalue weighted by Crippen LogP contribution is -2.18. The molecule has 0 amide bonds. The zero-order chi connectivity index (χ0) is 60.3. The Hall–Kier alpha value is -7.66. The Morgan fingerprint density at radius 1 is 0.235 bits per heavy atom. The van der Waals surface area contributed by atoms with Gasteiger partial charge in [0.1, 0.15) is 34.2 Å². The summed E-state index contributed by atoms with van der Waals surface area (Å²) in [5.41, 5.74) is -3.82. The van der Waals surface area contributed by atoms with Crippen LogP contribution in [0.4, 0.5) is 0 Å². The van der Waals surface area contributed by atoms with Crippen LogP contribution in [0.2, 0.25) is 0 Å². The highest BCUT2D eigenvalue weighted by molar-refractivity contribution is 6.06. The van der Waals surface area contributed by atoms with Crippen molar-refractivity contribution in [1.82, 2.24) is 0 Å². The second-order valence-electron chi connectivity index (χ2n) is 27.8. The highest BCUT2D eigenvalue weighted by Crippen LogP contribution is 2.39. The van der Waals surface area contributed by atoms with E-state index in [0.717, 1.165) is 0 Å². The summed E-state index contributed by atoms with van der Waals surface area (Å²) < 4.78 is 31.8. The Labute approximate surface area is 473 Å². The van der Waals surface area contributed by atoms with Crippen molar-refractivity contribution >= 4 is 75.8 Å². The van der Waals surface area contributed by atoms with Crippen LogP contribution < -0.4 is 51.5 Å². The van der Waals surface area contributed by atoms with Crippen LogP contribution in [0.3, 0.4) is 0 Å². The van der Waals surface area contributed by atoms with E-state index in [0.29, 0.717) is 33.4 Å². The number of hydrogen-bond acceptors (Lipinski definition) is 11. The van der Waals surface area contributed by atoms with Crippen LogP contribution in [0, 0.1) is 0 Å². The molecule has 0 aliphatic heterocycles. The zero-order valence-corrected chi connectivity index (χ0v) is 51.4. The molecule has 10 bridgehead atoms. The minimum atomic E-state index is -0.660. The average Bonchev–Trinajstić information content (AvgIpc) is 3.59. The van der Waals surface area contributed by atoms with Crippen molar-refractivity contribution in [3.63, 3.8) is 0 Å². The van der Waals surface area contributed by atoms with Crippen molar-refractivity contribution in [3.05, 3.63) is 168 Å². The Balaban J connectivity index is 1.93. The van der Waals surface area contributed by atoms with Gasteiger partial charge in [0.2, 0.25) is 32.6 Å². The lowest BCUT2D eigenvalue weighted by atomic mass is 9.83. The molecule has 0 aliphatic carbocycles. The summed E-state index contributed by atoms with van der Waals surface area (Å²) in [6, 6.07) is 20.5. The molecule has 2 heterocycles. The standard InChI is InChI=1S/C70H78O11/c1-65(2,3)35-23-41-53(71)42-24-36(66(4,5)6)26-44(60(42)78-20)55(73)46-28-38(68(10,11)12)30-48(62(46)80-22)57(75)50-32-40(70(16,17)18)34-52-58(76)51-33-39(69(13,14)15)31-49(63(51)81-64(50)52)56(74)47-29-37(67(7,8)9)27-45(61(47)79-21)54(72)43(25-35)59(41)77-19/h23-34H,1-22H3. The van der Waals surface area contributed by atoms with Crippen molar-refractivity contribution in [1.29, 1.82) is 0 Å². The monoisotopic (exact) mass is 1090 g/mol. The summed E-state index contributed by atoms with van der Waals surface area (Å²) in [6.45, 7) is 35.4. The fraction of sp³-hybridized carbons (Fsp3) is 0.400. The first-order chi connectivity index (χ1) is 37.3. The molecule has 0 unspecified atom stereocenters. The summed E-state index contributed by atoms with van der Waals surface area (Å²) in [4.78, 5) is 95.6. The van der Waals surface area contributed by atoms with E-state index in [1.54, 1.807) is 72.8 Å². The maximum atomic E-state index is 16.1.